The molecular formula is C33H40N6O5S. The number of carbonyl (C=O) groups is 1. The second-order valence-corrected chi connectivity index (χ2v) is 13.7. The van der Waals surface area contributed by atoms with E-state index in [1.54, 1.807) is 18.5 Å². The van der Waals surface area contributed by atoms with Gasteiger partial charge >= 0.3 is 0 Å². The lowest BCUT2D eigenvalue weighted by Gasteiger charge is -2.36. The van der Waals surface area contributed by atoms with Gasteiger partial charge in [-0.1, -0.05) is 28.9 Å². The van der Waals surface area contributed by atoms with Crippen molar-refractivity contribution in [2.75, 3.05) is 50.1 Å². The normalized spacial score (nSPS) is 17.1. The first kappa shape index (κ1) is 31.2. The number of rotatable bonds is 11. The van der Waals surface area contributed by atoms with Crippen LogP contribution in [0.2, 0.25) is 0 Å². The molecule has 2 aromatic carbocycles. The molecule has 2 aromatic heterocycles. The summed E-state index contributed by atoms with van der Waals surface area (Å²) >= 11 is -0.800. The molecule has 4 heterocycles. The Morgan fingerprint density at radius 2 is 1.98 bits per heavy atom. The molecule has 12 heteroatoms. The van der Waals surface area contributed by atoms with E-state index in [4.69, 9.17) is 9.72 Å². The molecule has 1 saturated heterocycles. The van der Waals surface area contributed by atoms with E-state index >= 15 is 0 Å². The number of nitrogens with zero attached hydrogens (tertiary/aromatic N) is 3. The summed E-state index contributed by atoms with van der Waals surface area (Å²) in [4.78, 5) is 41.5. The van der Waals surface area contributed by atoms with Crippen LogP contribution in [0.3, 0.4) is 0 Å². The summed E-state index contributed by atoms with van der Waals surface area (Å²) in [7, 11) is 0. The molecule has 2 unspecified atom stereocenters. The monoisotopic (exact) mass is 632 g/mol. The third-order valence-electron chi connectivity index (χ3n) is 8.72. The standard InChI is InChI=1S/C33H40N6O5S/c1-20-4-5-29(21(2)14-20)44-19-24(40)17-35-26-6-9-34-32(41)30(26)31-36-27-15-22-18-39(33(42)25(22)16-28(27)37-31)23-7-10-38(11-8-23)12-13-45(3)43/h4-6,9,14-16,23-24,40H,7-8,10-13,17-19H2,1-3H3,(H,36,37)(H2,34,35,41). The molecule has 238 valence electrons. The van der Waals surface area contributed by atoms with Gasteiger partial charge < -0.3 is 34.6 Å². The molecule has 11 nitrogen and oxygen atoms in total. The Morgan fingerprint density at radius 1 is 1.18 bits per heavy atom. The van der Waals surface area contributed by atoms with Crippen LogP contribution in [0, 0.1) is 13.8 Å². The fourth-order valence-corrected chi connectivity index (χ4v) is 6.78. The molecule has 6 rings (SSSR count). The topological polar surface area (TPSA) is 150 Å². The van der Waals surface area contributed by atoms with Crippen LogP contribution in [0.5, 0.6) is 5.75 Å². The number of aliphatic hydroxyl groups excluding tert-OH is 1. The van der Waals surface area contributed by atoms with Crippen LogP contribution < -0.4 is 15.6 Å². The van der Waals surface area contributed by atoms with Crippen molar-refractivity contribution in [2.24, 2.45) is 0 Å². The van der Waals surface area contributed by atoms with Crippen LogP contribution in [0.4, 0.5) is 5.69 Å². The number of piperidine rings is 1. The number of amides is 1. The molecule has 1 amide bonds. The van der Waals surface area contributed by atoms with E-state index in [0.29, 0.717) is 46.0 Å². The average molecular weight is 633 g/mol. The fourth-order valence-electron chi connectivity index (χ4n) is 6.26. The third kappa shape index (κ3) is 6.89. The quantitative estimate of drug-likeness (QED) is 0.184. The number of fused-ring (bicyclic) bond motifs is 2. The van der Waals surface area contributed by atoms with E-state index in [0.717, 1.165) is 54.9 Å². The number of aryl methyl sites for hydroxylation is 2. The van der Waals surface area contributed by atoms with Gasteiger partial charge in [-0.25, -0.2) is 4.98 Å². The summed E-state index contributed by atoms with van der Waals surface area (Å²) in [6.07, 6.45) is 4.26. The molecule has 0 spiro atoms. The number of hydrogen-bond acceptors (Lipinski definition) is 8. The largest absolute Gasteiger partial charge is 0.617 e. The molecule has 4 N–H and O–H groups in total. The SMILES string of the molecule is Cc1ccc(OCC(O)CNc2cc[nH]c(=O)c2-c2nc3cc4c(cc3[nH]2)C(=O)N(C2CCN(CC[S+](C)[O-])CC2)C4)c(C)c1. The predicted molar refractivity (Wildman–Crippen MR) is 176 cm³/mol. The van der Waals surface area contributed by atoms with Gasteiger partial charge in [0, 0.05) is 50.5 Å². The highest BCUT2D eigenvalue weighted by atomic mass is 32.2. The third-order valence-corrected chi connectivity index (χ3v) is 9.48. The van der Waals surface area contributed by atoms with E-state index in [2.05, 4.69) is 20.2 Å². The summed E-state index contributed by atoms with van der Waals surface area (Å²) < 4.78 is 17.3. The first-order valence-electron chi connectivity index (χ1n) is 15.4. The molecule has 2 aliphatic rings. The number of aliphatic hydroxyl groups is 1. The molecule has 4 aromatic rings. The number of imidazole rings is 1. The van der Waals surface area contributed by atoms with Gasteiger partial charge in [-0.05, 0) is 62.1 Å². The number of nitrogens with one attached hydrogen (secondary N) is 3. The highest BCUT2D eigenvalue weighted by Crippen LogP contribution is 2.33. The molecule has 0 saturated carbocycles. The Morgan fingerprint density at radius 3 is 2.73 bits per heavy atom. The van der Waals surface area contributed by atoms with Crippen molar-refractivity contribution in [3.63, 3.8) is 0 Å². The fraction of sp³-hybridized carbons (Fsp3) is 0.424. The Hall–Kier alpha value is -3.84. The number of anilines is 1. The summed E-state index contributed by atoms with van der Waals surface area (Å²) in [5.74, 6) is 1.80. The molecule has 2 aliphatic heterocycles. The van der Waals surface area contributed by atoms with Crippen LogP contribution in [0.25, 0.3) is 22.4 Å². The van der Waals surface area contributed by atoms with Gasteiger partial charge in [-0.2, -0.15) is 0 Å². The Labute approximate surface area is 265 Å². The maximum atomic E-state index is 13.5. The zero-order valence-corrected chi connectivity index (χ0v) is 26.7. The van der Waals surface area contributed by atoms with Crippen LogP contribution in [0.1, 0.15) is 39.9 Å². The Balaban J connectivity index is 1.13. The van der Waals surface area contributed by atoms with Crippen LogP contribution in [-0.4, -0.2) is 97.3 Å². The maximum absolute atomic E-state index is 13.5. The second-order valence-electron chi connectivity index (χ2n) is 12.1. The van der Waals surface area contributed by atoms with Gasteiger partial charge in [0.2, 0.25) is 0 Å². The minimum Gasteiger partial charge on any atom is -0.617 e. The number of aromatic amines is 2. The molecule has 0 bridgehead atoms. The zero-order chi connectivity index (χ0) is 31.7. The molecule has 2 atom stereocenters. The molecule has 0 aliphatic carbocycles. The van der Waals surface area contributed by atoms with Crippen molar-refractivity contribution in [1.29, 1.82) is 0 Å². The van der Waals surface area contributed by atoms with Gasteiger partial charge in [-0.15, -0.1) is 0 Å². The van der Waals surface area contributed by atoms with Gasteiger partial charge in [-0.3, -0.25) is 14.5 Å². The number of aromatic nitrogens is 3. The smallest absolute Gasteiger partial charge is 0.261 e. The van der Waals surface area contributed by atoms with Crippen LogP contribution >= 0.6 is 0 Å². The number of H-pyrrole nitrogens is 2. The van der Waals surface area contributed by atoms with Crippen molar-refractivity contribution in [3.05, 3.63) is 75.2 Å². The van der Waals surface area contributed by atoms with Crippen molar-refractivity contribution >= 4 is 33.8 Å². The number of ether oxygens (including phenoxy) is 1. The van der Waals surface area contributed by atoms with Crippen molar-refractivity contribution in [3.8, 4) is 17.1 Å². The highest BCUT2D eigenvalue weighted by Gasteiger charge is 2.35. The van der Waals surface area contributed by atoms with Gasteiger partial charge in [0.1, 0.15) is 35.6 Å². The van der Waals surface area contributed by atoms with Crippen molar-refractivity contribution < 1.29 is 19.2 Å². The summed E-state index contributed by atoms with van der Waals surface area (Å²) in [5.41, 5.74) is 5.61. The second kappa shape index (κ2) is 13.3. The first-order chi connectivity index (χ1) is 21.7. The molecular weight excluding hydrogens is 592 g/mol. The van der Waals surface area contributed by atoms with Crippen molar-refractivity contribution in [2.45, 2.75) is 45.4 Å². The number of pyridine rings is 1. The van der Waals surface area contributed by atoms with Crippen LogP contribution in [0.15, 0.2) is 47.4 Å². The van der Waals surface area contributed by atoms with Crippen molar-refractivity contribution in [1.82, 2.24) is 24.8 Å². The molecule has 45 heavy (non-hydrogen) atoms. The van der Waals surface area contributed by atoms with E-state index in [1.807, 2.05) is 49.1 Å². The van der Waals surface area contributed by atoms with Crippen LogP contribution in [-0.2, 0) is 17.7 Å². The summed E-state index contributed by atoms with van der Waals surface area (Å²) in [6, 6.07) is 11.6. The molecule has 1 fully saturated rings. The van der Waals surface area contributed by atoms with Gasteiger partial charge in [0.05, 0.1) is 23.0 Å². The minimum atomic E-state index is -0.820. The van der Waals surface area contributed by atoms with Gasteiger partial charge in [0.25, 0.3) is 11.5 Å². The van der Waals surface area contributed by atoms with E-state index in [-0.39, 0.29) is 30.7 Å². The number of carbonyl (C=O) groups excluding carboxylic acids is 1. The summed E-state index contributed by atoms with van der Waals surface area (Å²) in [5, 5.41) is 13.8. The highest BCUT2D eigenvalue weighted by molar-refractivity contribution is 7.90. The lowest BCUT2D eigenvalue weighted by molar-refractivity contribution is 0.0603. The zero-order valence-electron chi connectivity index (χ0n) is 25.9. The van der Waals surface area contributed by atoms with Gasteiger partial charge in [0.15, 0.2) is 0 Å². The summed E-state index contributed by atoms with van der Waals surface area (Å²) in [6.45, 7) is 7.40. The minimum absolute atomic E-state index is 0.0214. The van der Waals surface area contributed by atoms with E-state index in [1.165, 1.54) is 0 Å². The number of hydrogen-bond donors (Lipinski definition) is 4. The number of benzene rings is 2. The average Bonchev–Trinajstić information content (AvgIpc) is 3.57. The maximum Gasteiger partial charge on any atom is 0.261 e. The Bertz CT molecular complexity index is 1750. The van der Waals surface area contributed by atoms with E-state index in [9.17, 15) is 19.2 Å². The molecule has 0 radical (unpaired) electrons. The lowest BCUT2D eigenvalue weighted by Crippen LogP contribution is -2.45. The van der Waals surface area contributed by atoms with E-state index < -0.39 is 17.3 Å². The predicted octanol–water partition coefficient (Wildman–Crippen LogP) is 3.19. The number of likely N-dealkylation sites (tertiary alicyclic amines) is 1. The Kier molecular flexibility index (Phi) is 9.18. The lowest BCUT2D eigenvalue weighted by atomic mass is 10.0. The first-order valence-corrected chi connectivity index (χ1v) is 17.1.